The number of aliphatic hydroxyl groups is 1. The van der Waals surface area contributed by atoms with Crippen LogP contribution < -0.4 is 15.5 Å². The number of anilines is 1. The molecule has 0 bridgehead atoms. The van der Waals surface area contributed by atoms with Gasteiger partial charge in [0.2, 0.25) is 11.3 Å². The number of amides is 3. The predicted octanol–water partition coefficient (Wildman–Crippen LogP) is 3.14. The Morgan fingerprint density at radius 3 is 2.54 bits per heavy atom. The topological polar surface area (TPSA) is 138 Å². The Morgan fingerprint density at radius 2 is 1.80 bits per heavy atom. The molecule has 0 saturated heterocycles. The van der Waals surface area contributed by atoms with Gasteiger partial charge in [-0.15, -0.1) is 5.10 Å². The summed E-state index contributed by atoms with van der Waals surface area (Å²) in [5, 5.41) is 29.0. The summed E-state index contributed by atoms with van der Waals surface area (Å²) in [5.41, 5.74) is 2.98. The summed E-state index contributed by atoms with van der Waals surface area (Å²) in [7, 11) is 3.43. The van der Waals surface area contributed by atoms with Gasteiger partial charge in [-0.25, -0.2) is 14.5 Å². The molecule has 0 radical (unpaired) electrons. The minimum absolute atomic E-state index is 0.308. The Morgan fingerprint density at radius 1 is 1.07 bits per heavy atom. The van der Waals surface area contributed by atoms with E-state index in [0.29, 0.717) is 34.6 Å². The molecule has 1 saturated carbocycles. The van der Waals surface area contributed by atoms with Crippen molar-refractivity contribution in [2.24, 2.45) is 18.0 Å². The van der Waals surface area contributed by atoms with Gasteiger partial charge in [-0.05, 0) is 28.8 Å². The highest BCUT2D eigenvalue weighted by molar-refractivity contribution is 7.99. The number of nitrogens with one attached hydrogen (secondary N) is 2. The SMILES string of the molecule is CN1C(=O)[C@@H](NC(=O)N[C@@H](CC2CCCCC2)C(O)CSc2nnnn2C)N=C(c2ccccc2)c2ccccc21. The lowest BCUT2D eigenvalue weighted by molar-refractivity contribution is -0.119. The summed E-state index contributed by atoms with van der Waals surface area (Å²) in [6.07, 6.45) is 4.32. The smallest absolute Gasteiger partial charge is 0.317 e. The number of aliphatic hydroxyl groups excluding tert-OH is 1. The number of carbonyl (C=O) groups is 2. The van der Waals surface area contributed by atoms with Crippen molar-refractivity contribution in [1.82, 2.24) is 30.8 Å². The number of hydrogen-bond acceptors (Lipinski definition) is 8. The van der Waals surface area contributed by atoms with Crippen molar-refractivity contribution in [1.29, 1.82) is 0 Å². The fourth-order valence-corrected chi connectivity index (χ4v) is 6.36. The summed E-state index contributed by atoms with van der Waals surface area (Å²) in [5.74, 6) is 0.365. The third-order valence-corrected chi connectivity index (χ3v) is 8.83. The second-order valence-corrected chi connectivity index (χ2v) is 11.6. The Balaban J connectivity index is 1.35. The molecule has 2 aromatic carbocycles. The van der Waals surface area contributed by atoms with E-state index < -0.39 is 24.3 Å². The van der Waals surface area contributed by atoms with E-state index in [4.69, 9.17) is 4.99 Å². The third-order valence-electron chi connectivity index (χ3n) is 7.72. The maximum absolute atomic E-state index is 13.5. The minimum Gasteiger partial charge on any atom is -0.390 e. The number of hydrogen-bond donors (Lipinski definition) is 3. The van der Waals surface area contributed by atoms with E-state index in [9.17, 15) is 14.7 Å². The van der Waals surface area contributed by atoms with Crippen LogP contribution in [0.15, 0.2) is 64.7 Å². The van der Waals surface area contributed by atoms with Crippen molar-refractivity contribution in [3.63, 3.8) is 0 Å². The number of carbonyl (C=O) groups excluding carboxylic acids is 2. The lowest BCUT2D eigenvalue weighted by Crippen LogP contribution is -2.54. The maximum Gasteiger partial charge on any atom is 0.317 e. The number of nitrogens with zero attached hydrogens (tertiary/aromatic N) is 6. The largest absolute Gasteiger partial charge is 0.390 e. The molecule has 1 aliphatic heterocycles. The van der Waals surface area contributed by atoms with E-state index >= 15 is 0 Å². The fraction of sp³-hybridized carbons (Fsp3) is 0.448. The van der Waals surface area contributed by atoms with E-state index in [1.807, 2.05) is 54.6 Å². The van der Waals surface area contributed by atoms with Crippen LogP contribution >= 0.6 is 11.8 Å². The minimum atomic E-state index is -1.14. The zero-order valence-electron chi connectivity index (χ0n) is 23.3. The predicted molar refractivity (Wildman–Crippen MR) is 158 cm³/mol. The Bertz CT molecular complexity index is 1380. The zero-order valence-corrected chi connectivity index (χ0v) is 24.1. The molecule has 5 rings (SSSR count). The van der Waals surface area contributed by atoms with Crippen LogP contribution in [0.3, 0.4) is 0 Å². The van der Waals surface area contributed by atoms with E-state index in [1.54, 1.807) is 18.8 Å². The molecule has 3 N–H and O–H groups in total. The zero-order chi connectivity index (χ0) is 28.8. The van der Waals surface area contributed by atoms with Crippen LogP contribution in [0.5, 0.6) is 0 Å². The summed E-state index contributed by atoms with van der Waals surface area (Å²) in [6, 6.07) is 16.1. The molecule has 3 amide bonds. The standard InChI is InChI=1S/C29H36N8O3S/c1-36-23-16-10-9-15-21(23)25(20-13-7-4-8-14-20)31-26(27(36)39)32-28(40)30-22(17-19-11-5-3-6-12-19)24(38)18-41-29-33-34-35-37(29)2/h4,7-10,13-16,19,22,24,26,38H,3,5-6,11-12,17-18H2,1-2H3,(H2,30,32,40)/t22-,24?,26+/m0/s1. The first-order chi connectivity index (χ1) is 19.9. The molecule has 1 aliphatic carbocycles. The normalized spacial score (nSPS) is 19.1. The van der Waals surface area contributed by atoms with E-state index in [0.717, 1.165) is 36.8 Å². The molecule has 3 aromatic rings. The highest BCUT2D eigenvalue weighted by atomic mass is 32.2. The number of tetrazole rings is 1. The van der Waals surface area contributed by atoms with Gasteiger partial charge in [0.1, 0.15) is 0 Å². The average molecular weight is 577 g/mol. The molecule has 2 heterocycles. The lowest BCUT2D eigenvalue weighted by atomic mass is 9.84. The summed E-state index contributed by atoms with van der Waals surface area (Å²) in [4.78, 5) is 33.2. The molecule has 0 spiro atoms. The molecule has 1 unspecified atom stereocenters. The summed E-state index contributed by atoms with van der Waals surface area (Å²) in [6.45, 7) is 0. The number of thioether (sulfide) groups is 1. The first-order valence-electron chi connectivity index (χ1n) is 14.0. The quantitative estimate of drug-likeness (QED) is 0.333. The van der Waals surface area contributed by atoms with Crippen LogP contribution in [0.25, 0.3) is 0 Å². The van der Waals surface area contributed by atoms with E-state index in [-0.39, 0.29) is 5.91 Å². The number of benzene rings is 2. The van der Waals surface area contributed by atoms with Gasteiger partial charge in [0.05, 0.1) is 23.5 Å². The molecule has 41 heavy (non-hydrogen) atoms. The molecular weight excluding hydrogens is 540 g/mol. The van der Waals surface area contributed by atoms with Crippen molar-refractivity contribution in [2.75, 3.05) is 17.7 Å². The number of fused-ring (bicyclic) bond motifs is 1. The fourth-order valence-electron chi connectivity index (χ4n) is 5.49. The number of benzodiazepines with no additional fused rings is 1. The van der Waals surface area contributed by atoms with Crippen LogP contribution in [0.4, 0.5) is 10.5 Å². The second kappa shape index (κ2) is 13.3. The summed E-state index contributed by atoms with van der Waals surface area (Å²) >= 11 is 1.33. The van der Waals surface area contributed by atoms with Crippen molar-refractivity contribution in [2.45, 2.75) is 62.0 Å². The molecule has 216 valence electrons. The van der Waals surface area contributed by atoms with Gasteiger partial charge < -0.3 is 20.6 Å². The van der Waals surface area contributed by atoms with Crippen molar-refractivity contribution in [3.8, 4) is 0 Å². The number of aromatic nitrogens is 4. The van der Waals surface area contributed by atoms with Crippen molar-refractivity contribution >= 4 is 35.1 Å². The van der Waals surface area contributed by atoms with Gasteiger partial charge in [-0.3, -0.25) is 4.79 Å². The van der Waals surface area contributed by atoms with Crippen LogP contribution in [-0.2, 0) is 11.8 Å². The number of urea groups is 1. The van der Waals surface area contributed by atoms with Crippen LogP contribution in [0.1, 0.15) is 49.7 Å². The van der Waals surface area contributed by atoms with Gasteiger partial charge in [0, 0.05) is 31.0 Å². The molecule has 2 aliphatic rings. The van der Waals surface area contributed by atoms with E-state index in [2.05, 4.69) is 26.2 Å². The Labute approximate surface area is 243 Å². The summed E-state index contributed by atoms with van der Waals surface area (Å²) < 4.78 is 1.54. The molecular formula is C29H36N8O3S. The number of aryl methyl sites for hydroxylation is 1. The molecule has 1 aromatic heterocycles. The monoisotopic (exact) mass is 576 g/mol. The molecule has 12 heteroatoms. The average Bonchev–Trinajstić information content (AvgIpc) is 3.38. The van der Waals surface area contributed by atoms with Crippen LogP contribution in [0.2, 0.25) is 0 Å². The van der Waals surface area contributed by atoms with Gasteiger partial charge in [-0.2, -0.15) is 0 Å². The molecule has 1 fully saturated rings. The first-order valence-corrected chi connectivity index (χ1v) is 15.0. The van der Waals surface area contributed by atoms with Gasteiger partial charge >= 0.3 is 6.03 Å². The number of para-hydroxylation sites is 1. The number of aliphatic imine (C=N–C) groups is 1. The molecule has 11 nitrogen and oxygen atoms in total. The van der Waals surface area contributed by atoms with Gasteiger partial charge in [0.25, 0.3) is 5.91 Å². The number of likely N-dealkylation sites (N-methyl/N-ethyl adjacent to an activating group) is 1. The Hall–Kier alpha value is -3.77. The number of rotatable bonds is 9. The first kappa shape index (κ1) is 28.7. The van der Waals surface area contributed by atoms with Crippen molar-refractivity contribution < 1.29 is 14.7 Å². The second-order valence-electron chi connectivity index (χ2n) is 10.6. The lowest BCUT2D eigenvalue weighted by Gasteiger charge is -2.30. The van der Waals surface area contributed by atoms with Gasteiger partial charge in [0.15, 0.2) is 0 Å². The Kier molecular flexibility index (Phi) is 9.30. The highest BCUT2D eigenvalue weighted by Gasteiger charge is 2.33. The maximum atomic E-state index is 13.5. The van der Waals surface area contributed by atoms with Crippen molar-refractivity contribution in [3.05, 3.63) is 65.7 Å². The third kappa shape index (κ3) is 6.94. The van der Waals surface area contributed by atoms with E-state index in [1.165, 1.54) is 23.1 Å². The van der Waals surface area contributed by atoms with Gasteiger partial charge in [-0.1, -0.05) is 92.4 Å². The van der Waals surface area contributed by atoms with Crippen LogP contribution in [-0.4, -0.2) is 74.1 Å². The highest BCUT2D eigenvalue weighted by Crippen LogP contribution is 2.29. The molecule has 3 atom stereocenters. The van der Waals surface area contributed by atoms with Crippen LogP contribution in [0, 0.1) is 5.92 Å².